The molecule has 0 amide bonds. The van der Waals surface area contributed by atoms with Crippen molar-refractivity contribution in [2.24, 2.45) is 0 Å². The van der Waals surface area contributed by atoms with E-state index in [1.54, 1.807) is 31.4 Å². The first kappa shape index (κ1) is 21.5. The van der Waals surface area contributed by atoms with Crippen molar-refractivity contribution in [3.05, 3.63) is 70.8 Å². The van der Waals surface area contributed by atoms with Gasteiger partial charge in [0.25, 0.3) is 0 Å². The number of aliphatic hydroxyl groups excluding tert-OH is 1. The summed E-state index contributed by atoms with van der Waals surface area (Å²) < 4.78 is 13.4. The van der Waals surface area contributed by atoms with E-state index in [0.717, 1.165) is 11.3 Å². The number of imidazole rings is 1. The predicted molar refractivity (Wildman–Crippen MR) is 114 cm³/mol. The van der Waals surface area contributed by atoms with Gasteiger partial charge in [-0.2, -0.15) is 0 Å². The van der Waals surface area contributed by atoms with Crippen LogP contribution in [0.3, 0.4) is 0 Å². The van der Waals surface area contributed by atoms with Crippen molar-refractivity contribution in [1.82, 2.24) is 14.5 Å². The Morgan fingerprint density at radius 1 is 1.17 bits per heavy atom. The lowest BCUT2D eigenvalue weighted by Gasteiger charge is -2.14. The first-order valence-electron chi connectivity index (χ1n) is 9.72. The molecule has 30 heavy (non-hydrogen) atoms. The monoisotopic (exact) mass is 413 g/mol. The van der Waals surface area contributed by atoms with Crippen molar-refractivity contribution in [3.63, 3.8) is 0 Å². The van der Waals surface area contributed by atoms with Crippen LogP contribution in [0.25, 0.3) is 5.69 Å². The minimum Gasteiger partial charge on any atom is -0.497 e. The number of ether oxygens (including phenoxy) is 2. The highest BCUT2D eigenvalue weighted by molar-refractivity contribution is 5.40. The molecule has 8 nitrogen and oxygen atoms in total. The number of methoxy groups -OCH3 is 1. The highest BCUT2D eigenvalue weighted by Gasteiger charge is 2.12. The number of aryl methyl sites for hydroxylation is 1. The van der Waals surface area contributed by atoms with Crippen LogP contribution < -0.4 is 20.5 Å². The van der Waals surface area contributed by atoms with E-state index >= 15 is 0 Å². The van der Waals surface area contributed by atoms with Crippen molar-refractivity contribution < 1.29 is 19.7 Å². The molecule has 3 aromatic rings. The van der Waals surface area contributed by atoms with Crippen LogP contribution in [0.15, 0.2) is 59.5 Å². The van der Waals surface area contributed by atoms with Gasteiger partial charge in [0, 0.05) is 25.7 Å². The van der Waals surface area contributed by atoms with E-state index in [2.05, 4.69) is 5.32 Å². The summed E-state index contributed by atoms with van der Waals surface area (Å²) in [5, 5.41) is 23.3. The third-order valence-electron chi connectivity index (χ3n) is 4.71. The van der Waals surface area contributed by atoms with Gasteiger partial charge in [-0.15, -0.1) is 0 Å². The lowest BCUT2D eigenvalue weighted by Crippen LogP contribution is -2.34. The Morgan fingerprint density at radius 3 is 2.73 bits per heavy atom. The summed E-state index contributed by atoms with van der Waals surface area (Å²) >= 11 is 0. The van der Waals surface area contributed by atoms with E-state index in [1.165, 1.54) is 15.3 Å². The number of hydrogen-bond donors (Lipinski definition) is 3. The first-order chi connectivity index (χ1) is 14.5. The van der Waals surface area contributed by atoms with Gasteiger partial charge in [0.15, 0.2) is 0 Å². The van der Waals surface area contributed by atoms with Crippen LogP contribution >= 0.6 is 0 Å². The van der Waals surface area contributed by atoms with Crippen molar-refractivity contribution in [2.75, 3.05) is 26.8 Å². The quantitative estimate of drug-likeness (QED) is 0.438. The van der Waals surface area contributed by atoms with E-state index < -0.39 is 6.10 Å². The molecule has 1 aromatic heterocycles. The fraction of sp³-hybridized carbons (Fsp3) is 0.318. The maximum absolute atomic E-state index is 12.6. The van der Waals surface area contributed by atoms with E-state index in [-0.39, 0.29) is 24.7 Å². The Labute approximate surface area is 174 Å². The number of para-hydroxylation sites is 1. The lowest BCUT2D eigenvalue weighted by molar-refractivity contribution is 0.106. The molecule has 0 saturated carbocycles. The van der Waals surface area contributed by atoms with Crippen molar-refractivity contribution in [2.45, 2.75) is 19.6 Å². The summed E-state index contributed by atoms with van der Waals surface area (Å²) in [4.78, 5) is 12.6. The summed E-state index contributed by atoms with van der Waals surface area (Å²) in [6.45, 7) is 3.07. The van der Waals surface area contributed by atoms with Crippen molar-refractivity contribution >= 4 is 0 Å². The molecule has 1 atom stereocenters. The number of aromatic nitrogens is 2. The largest absolute Gasteiger partial charge is 0.497 e. The normalized spacial score (nSPS) is 12.0. The molecule has 0 fully saturated rings. The molecule has 0 aliphatic rings. The molecular formula is C22H27N3O5. The molecule has 0 saturated heterocycles. The van der Waals surface area contributed by atoms with Gasteiger partial charge in [-0.25, -0.2) is 4.79 Å². The summed E-state index contributed by atoms with van der Waals surface area (Å²) in [7, 11) is 1.55. The van der Waals surface area contributed by atoms with Crippen LogP contribution in [0, 0.1) is 6.92 Å². The van der Waals surface area contributed by atoms with Crippen LogP contribution in [0.5, 0.6) is 17.4 Å². The Balaban J connectivity index is 1.51. The number of nitrogens with zero attached hydrogens (tertiary/aromatic N) is 2. The van der Waals surface area contributed by atoms with Gasteiger partial charge in [-0.05, 0) is 30.7 Å². The molecule has 0 spiro atoms. The zero-order valence-electron chi connectivity index (χ0n) is 17.1. The zero-order valence-corrected chi connectivity index (χ0v) is 17.1. The van der Waals surface area contributed by atoms with E-state index in [4.69, 9.17) is 9.47 Å². The highest BCUT2D eigenvalue weighted by Crippen LogP contribution is 2.18. The Kier molecular flexibility index (Phi) is 7.16. The molecule has 1 heterocycles. The summed E-state index contributed by atoms with van der Waals surface area (Å²) in [6.07, 6.45) is 0.679. The SMILES string of the molecule is COc1cccc(-n2cc(O)n(CCNCC(O)COc3ccccc3C)c2=O)c1. The van der Waals surface area contributed by atoms with Gasteiger partial charge in [0.2, 0.25) is 5.88 Å². The van der Waals surface area contributed by atoms with Crippen LogP contribution in [0.1, 0.15) is 5.56 Å². The maximum atomic E-state index is 12.6. The zero-order chi connectivity index (χ0) is 21.5. The van der Waals surface area contributed by atoms with Crippen LogP contribution in [0.2, 0.25) is 0 Å². The fourth-order valence-corrected chi connectivity index (χ4v) is 3.05. The second-order valence-electron chi connectivity index (χ2n) is 6.93. The smallest absolute Gasteiger partial charge is 0.335 e. The second-order valence-corrected chi connectivity index (χ2v) is 6.93. The molecule has 8 heteroatoms. The number of nitrogens with one attached hydrogen (secondary N) is 1. The minimum atomic E-state index is -0.698. The second kappa shape index (κ2) is 10.00. The third kappa shape index (κ3) is 5.22. The number of aromatic hydroxyl groups is 1. The highest BCUT2D eigenvalue weighted by atomic mass is 16.5. The Morgan fingerprint density at radius 2 is 1.97 bits per heavy atom. The predicted octanol–water partition coefficient (Wildman–Crippen LogP) is 1.69. The number of rotatable bonds is 10. The first-order valence-corrected chi connectivity index (χ1v) is 9.72. The van der Waals surface area contributed by atoms with Gasteiger partial charge < -0.3 is 25.0 Å². The van der Waals surface area contributed by atoms with Gasteiger partial charge in [0.1, 0.15) is 24.2 Å². The van der Waals surface area contributed by atoms with Crippen molar-refractivity contribution in [1.29, 1.82) is 0 Å². The van der Waals surface area contributed by atoms with Gasteiger partial charge in [-0.1, -0.05) is 24.3 Å². The molecule has 160 valence electrons. The molecule has 0 aliphatic heterocycles. The lowest BCUT2D eigenvalue weighted by atomic mass is 10.2. The summed E-state index contributed by atoms with van der Waals surface area (Å²) in [5.41, 5.74) is 1.25. The average Bonchev–Trinajstić information content (AvgIpc) is 3.04. The van der Waals surface area contributed by atoms with Gasteiger partial charge >= 0.3 is 5.69 Å². The number of aliphatic hydroxyl groups is 1. The van der Waals surface area contributed by atoms with Crippen LogP contribution in [-0.4, -0.2) is 52.3 Å². The topological polar surface area (TPSA) is 97.9 Å². The third-order valence-corrected chi connectivity index (χ3v) is 4.71. The fourth-order valence-electron chi connectivity index (χ4n) is 3.05. The molecule has 0 bridgehead atoms. The molecule has 3 rings (SSSR count). The van der Waals surface area contributed by atoms with Crippen LogP contribution in [-0.2, 0) is 6.54 Å². The average molecular weight is 413 g/mol. The molecule has 0 aliphatic carbocycles. The Hall–Kier alpha value is -3.23. The standard InChI is InChI=1S/C22H27N3O5/c1-16-6-3-4-9-20(16)30-15-18(26)13-23-10-11-24-21(27)14-25(22(24)28)17-7-5-8-19(12-17)29-2/h3-9,12,14,18,23,26-27H,10-11,13,15H2,1-2H3. The minimum absolute atomic E-state index is 0.131. The van der Waals surface area contributed by atoms with E-state index in [1.807, 2.05) is 31.2 Å². The maximum Gasteiger partial charge on any atom is 0.335 e. The Bertz CT molecular complexity index is 1030. The number of hydrogen-bond acceptors (Lipinski definition) is 6. The number of benzene rings is 2. The molecule has 2 aromatic carbocycles. The van der Waals surface area contributed by atoms with Crippen molar-refractivity contribution in [3.8, 4) is 23.1 Å². The molecule has 3 N–H and O–H groups in total. The molecule has 0 radical (unpaired) electrons. The summed E-state index contributed by atoms with van der Waals surface area (Å²) in [6, 6.07) is 14.7. The van der Waals surface area contributed by atoms with Crippen LogP contribution in [0.4, 0.5) is 0 Å². The summed E-state index contributed by atoms with van der Waals surface area (Å²) in [5.74, 6) is 1.23. The van der Waals surface area contributed by atoms with E-state index in [9.17, 15) is 15.0 Å². The van der Waals surface area contributed by atoms with E-state index in [0.29, 0.717) is 24.5 Å². The van der Waals surface area contributed by atoms with Gasteiger partial charge in [-0.3, -0.25) is 9.13 Å². The molecule has 1 unspecified atom stereocenters. The molecular weight excluding hydrogens is 386 g/mol. The van der Waals surface area contributed by atoms with Gasteiger partial charge in [0.05, 0.1) is 19.0 Å².